The molecule has 0 saturated heterocycles. The molecule has 0 amide bonds. The van der Waals surface area contributed by atoms with Crippen molar-refractivity contribution in [2.45, 2.75) is 11.8 Å². The number of carboxylic acid groups (broad SMARTS) is 1. The third-order valence-electron chi connectivity index (χ3n) is 2.12. The number of rotatable bonds is 4. The molecular formula is C9H5AuCs3N4O4S. The zero-order chi connectivity index (χ0) is 13.1. The Morgan fingerprint density at radius 3 is 2.41 bits per heavy atom. The van der Waals surface area contributed by atoms with Gasteiger partial charge < -0.3 is 32.7 Å². The molecule has 22 heavy (non-hydrogen) atoms. The second kappa shape index (κ2) is 16.7. The van der Waals surface area contributed by atoms with Gasteiger partial charge in [0.1, 0.15) is 0 Å². The van der Waals surface area contributed by atoms with E-state index in [9.17, 15) is 15.2 Å². The van der Waals surface area contributed by atoms with Gasteiger partial charge in [-0.1, -0.05) is 0 Å². The van der Waals surface area contributed by atoms with Crippen molar-refractivity contribution in [3.8, 4) is 5.69 Å². The van der Waals surface area contributed by atoms with E-state index in [0.29, 0.717) is 11.3 Å². The first-order chi connectivity index (χ1) is 8.61. The first-order valence-corrected chi connectivity index (χ1v) is 5.08. The van der Waals surface area contributed by atoms with Crippen LogP contribution < -0.4 is 148 Å². The van der Waals surface area contributed by atoms with Crippen molar-refractivity contribution >= 4 is 87.5 Å². The molecule has 0 unspecified atom stereocenters. The number of carbonyl (C=O) groups excluding carboxylic acids is 1. The van der Waals surface area contributed by atoms with E-state index in [1.54, 1.807) is 0 Å². The van der Waals surface area contributed by atoms with E-state index in [0.717, 1.165) is 4.68 Å². The molecule has 0 fully saturated rings. The minimum atomic E-state index is -1.39. The minimum Gasteiger partial charge on any atom is -0.738 e. The zero-order valence-corrected chi connectivity index (χ0v) is 33.9. The van der Waals surface area contributed by atoms with Crippen LogP contribution in [-0.4, -0.2) is 95.1 Å². The van der Waals surface area contributed by atoms with Gasteiger partial charge in [0.25, 0.3) is 0 Å². The summed E-state index contributed by atoms with van der Waals surface area (Å²) in [5.74, 6) is -1.39. The maximum absolute atomic E-state index is 10.8. The van der Waals surface area contributed by atoms with Crippen LogP contribution in [0.2, 0.25) is 0 Å². The molecule has 2 rings (SSSR count). The molecule has 0 saturated carbocycles. The van der Waals surface area contributed by atoms with Gasteiger partial charge in [-0.3, -0.25) is 0 Å². The molecule has 105 valence electrons. The summed E-state index contributed by atoms with van der Waals surface area (Å²) in [4.78, 5) is 14.6. The van der Waals surface area contributed by atoms with Gasteiger partial charge in [-0.2, -0.15) is 0 Å². The van der Waals surface area contributed by atoms with Crippen molar-refractivity contribution < 1.29 is 180 Å². The first-order valence-electron chi connectivity index (χ1n) is 4.67. The van der Waals surface area contributed by atoms with Crippen molar-refractivity contribution in [2.75, 3.05) is 0 Å². The molecule has 2 aromatic rings. The Bertz CT molecular complexity index is 604. The minimum absolute atomic E-state index is 0. The molecule has 0 N–H and O–H groups in total. The Labute approximate surface area is 324 Å². The van der Waals surface area contributed by atoms with Gasteiger partial charge in [0.2, 0.25) is 0 Å². The van der Waals surface area contributed by atoms with Gasteiger partial charge >= 0.3 is 160 Å². The summed E-state index contributed by atoms with van der Waals surface area (Å²) in [5, 5.41) is 31.5. The number of carboxylic acids is 1. The fourth-order valence-corrected chi connectivity index (χ4v) is 1.58. The topological polar surface area (TPSA) is 116 Å². The van der Waals surface area contributed by atoms with Gasteiger partial charge in [0.15, 0.2) is 0 Å². The number of aromatic nitrogens is 4. The quantitative estimate of drug-likeness (QED) is 0.129. The Hall–Kier alpha value is 4.80. The standard InChI is InChI=1S/C9H8N4O4S.Au.3Cs/c14-8(15)6-1-5(4-17-16)2-7(3-6)13-9(18)10-11-12-13;;;;/h1-3,16H,4H2,(H,14,15)(H,10,12,18);;;;/q;+1;;2*+1/p-3. The number of aromatic carboxylic acids is 1. The van der Waals surface area contributed by atoms with E-state index in [1.165, 1.54) is 18.2 Å². The third-order valence-corrected chi connectivity index (χ3v) is 2.38. The fourth-order valence-electron chi connectivity index (χ4n) is 1.41. The van der Waals surface area contributed by atoms with Gasteiger partial charge in [-0.05, 0) is 39.8 Å². The number of hydrogen-bond acceptors (Lipinski definition) is 8. The number of benzene rings is 1. The molecule has 1 heterocycles. The third kappa shape index (κ3) is 9.83. The fraction of sp³-hybridized carbons (Fsp3) is 0.111. The van der Waals surface area contributed by atoms with Crippen LogP contribution >= 0.6 is 0 Å². The van der Waals surface area contributed by atoms with E-state index >= 15 is 0 Å². The summed E-state index contributed by atoms with van der Waals surface area (Å²) in [7, 11) is 0. The van der Waals surface area contributed by atoms with Gasteiger partial charge in [-0.15, -0.1) is 5.10 Å². The number of tetrazole rings is 1. The van der Waals surface area contributed by atoms with Crippen molar-refractivity contribution in [3.05, 3.63) is 29.3 Å². The summed E-state index contributed by atoms with van der Waals surface area (Å²) in [6, 6.07) is 4.05. The van der Waals surface area contributed by atoms with Crippen LogP contribution in [0.25, 0.3) is 5.69 Å². The maximum atomic E-state index is 10.8. The second-order valence-electron chi connectivity index (χ2n) is 3.31. The maximum Gasteiger partial charge on any atom is 1.00 e. The van der Waals surface area contributed by atoms with Crippen LogP contribution in [0.1, 0.15) is 15.9 Å². The zero-order valence-electron chi connectivity index (χ0n) is 12.1. The number of hydrogen-bond donors (Lipinski definition) is 0. The van der Waals surface area contributed by atoms with Crippen LogP contribution in [0.3, 0.4) is 0 Å². The SMILES string of the molecule is O=C([O-])c1cc(CO[O-])cc(-n2nnnc2[S-])c1.[Au+].[Cs+].[Cs+].[Cs]. The molecule has 8 nitrogen and oxygen atoms in total. The van der Waals surface area contributed by atoms with E-state index in [-0.39, 0.29) is 246 Å². The molecule has 1 radical (unpaired) electrons. The van der Waals surface area contributed by atoms with Crippen molar-refractivity contribution in [1.29, 1.82) is 0 Å². The number of nitrogens with zero attached hydrogens (tertiary/aromatic N) is 4. The van der Waals surface area contributed by atoms with Crippen LogP contribution in [0.4, 0.5) is 0 Å². The summed E-state index contributed by atoms with van der Waals surface area (Å²) < 4.78 is 1.16. The van der Waals surface area contributed by atoms with E-state index in [4.69, 9.17) is 12.6 Å². The number of carbonyl (C=O) groups is 1. The van der Waals surface area contributed by atoms with Crippen molar-refractivity contribution in [3.63, 3.8) is 0 Å². The Balaban J connectivity index is -0.000000902. The molecule has 0 aliphatic heterocycles. The van der Waals surface area contributed by atoms with Gasteiger partial charge in [0.05, 0.1) is 18.3 Å². The molecule has 0 bridgehead atoms. The van der Waals surface area contributed by atoms with Crippen molar-refractivity contribution in [2.24, 2.45) is 0 Å². The smallest absolute Gasteiger partial charge is 0.738 e. The van der Waals surface area contributed by atoms with E-state index in [1.807, 2.05) is 0 Å². The normalized spacial score (nSPS) is 8.59. The van der Waals surface area contributed by atoms with Crippen LogP contribution in [0.15, 0.2) is 23.4 Å². The predicted octanol–water partition coefficient (Wildman–Crippen LogP) is -8.65. The monoisotopic (exact) mass is 861 g/mol. The molecule has 13 heteroatoms. The average molecular weight is 861 g/mol. The summed E-state index contributed by atoms with van der Waals surface area (Å²) in [6.45, 7) is -0.289. The van der Waals surface area contributed by atoms with E-state index in [2.05, 4.69) is 20.4 Å². The average Bonchev–Trinajstić information content (AvgIpc) is 2.75. The molecule has 1 aromatic heterocycles. The molecular weight excluding hydrogens is 856 g/mol. The predicted molar refractivity (Wildman–Crippen MR) is 59.7 cm³/mol. The van der Waals surface area contributed by atoms with Gasteiger partial charge in [-0.25, -0.2) is 4.68 Å². The van der Waals surface area contributed by atoms with Crippen LogP contribution in [0.5, 0.6) is 0 Å². The molecule has 1 aromatic carbocycles. The van der Waals surface area contributed by atoms with Crippen LogP contribution in [0, 0.1) is 0 Å². The Kier molecular flexibility index (Phi) is 23.9. The van der Waals surface area contributed by atoms with Gasteiger partial charge in [0, 0.05) is 74.1 Å². The largest absolute Gasteiger partial charge is 1.00 e. The second-order valence-corrected chi connectivity index (χ2v) is 3.68. The summed E-state index contributed by atoms with van der Waals surface area (Å²) in [5.41, 5.74) is 0.551. The molecule has 0 aliphatic rings. The Morgan fingerprint density at radius 1 is 1.32 bits per heavy atom. The van der Waals surface area contributed by atoms with E-state index < -0.39 is 5.97 Å². The molecule has 0 aliphatic carbocycles. The summed E-state index contributed by atoms with van der Waals surface area (Å²) >= 11 is 4.86. The first kappa shape index (κ1) is 31.5. The Morgan fingerprint density at radius 2 is 1.95 bits per heavy atom. The molecule has 0 atom stereocenters. The van der Waals surface area contributed by atoms with Crippen molar-refractivity contribution in [1.82, 2.24) is 20.2 Å². The molecule has 0 spiro atoms. The van der Waals surface area contributed by atoms with Crippen LogP contribution in [-0.2, 0) is 46.5 Å². The summed E-state index contributed by atoms with van der Waals surface area (Å²) in [6.07, 6.45) is 0.